The van der Waals surface area contributed by atoms with Crippen LogP contribution in [-0.2, 0) is 4.79 Å². The molecule has 0 saturated carbocycles. The molecule has 0 aliphatic rings. The summed E-state index contributed by atoms with van der Waals surface area (Å²) < 4.78 is 12.9. The van der Waals surface area contributed by atoms with Gasteiger partial charge in [-0.2, -0.15) is 0 Å². The van der Waals surface area contributed by atoms with E-state index in [2.05, 4.69) is 5.32 Å². The van der Waals surface area contributed by atoms with E-state index in [0.717, 1.165) is 0 Å². The standard InChI is InChI=1S/C11H13ClFNO/c1-11(2,3)10(15)14-9-5-7(12)4-8(13)6-9/h4-6H,1-3H3,(H,14,15). The molecule has 0 bridgehead atoms. The highest BCUT2D eigenvalue weighted by molar-refractivity contribution is 6.30. The third-order valence-corrected chi connectivity index (χ3v) is 2.02. The first-order valence-corrected chi connectivity index (χ1v) is 4.94. The second-order valence-electron chi connectivity index (χ2n) is 4.36. The minimum atomic E-state index is -0.515. The molecule has 0 atom stereocenters. The van der Waals surface area contributed by atoms with Crippen LogP contribution < -0.4 is 5.32 Å². The Labute approximate surface area is 93.4 Å². The monoisotopic (exact) mass is 229 g/mol. The molecule has 1 rings (SSSR count). The van der Waals surface area contributed by atoms with Crippen LogP contribution in [0.1, 0.15) is 20.8 Å². The second-order valence-corrected chi connectivity index (χ2v) is 4.80. The van der Waals surface area contributed by atoms with E-state index in [9.17, 15) is 9.18 Å². The number of rotatable bonds is 1. The summed E-state index contributed by atoms with van der Waals surface area (Å²) in [6.45, 7) is 5.34. The van der Waals surface area contributed by atoms with E-state index in [1.807, 2.05) is 0 Å². The summed E-state index contributed by atoms with van der Waals surface area (Å²) in [5.41, 5.74) is -0.140. The van der Waals surface area contributed by atoms with Crippen LogP contribution in [0.25, 0.3) is 0 Å². The van der Waals surface area contributed by atoms with Gasteiger partial charge in [0.2, 0.25) is 5.91 Å². The summed E-state index contributed by atoms with van der Waals surface area (Å²) in [4.78, 5) is 11.6. The van der Waals surface area contributed by atoms with Crippen molar-refractivity contribution in [3.8, 4) is 0 Å². The predicted molar refractivity (Wildman–Crippen MR) is 59.5 cm³/mol. The van der Waals surface area contributed by atoms with Gasteiger partial charge in [-0.3, -0.25) is 4.79 Å². The average molecular weight is 230 g/mol. The summed E-state index contributed by atoms with van der Waals surface area (Å²) in [7, 11) is 0. The van der Waals surface area contributed by atoms with Crippen molar-refractivity contribution in [2.75, 3.05) is 5.32 Å². The Balaban J connectivity index is 2.86. The maximum atomic E-state index is 12.9. The fraction of sp³-hybridized carbons (Fsp3) is 0.364. The quantitative estimate of drug-likeness (QED) is 0.785. The highest BCUT2D eigenvalue weighted by Gasteiger charge is 2.21. The summed E-state index contributed by atoms with van der Waals surface area (Å²) in [6, 6.07) is 3.93. The number of halogens is 2. The highest BCUT2D eigenvalue weighted by atomic mass is 35.5. The molecule has 0 unspecified atom stereocenters. The molecule has 0 saturated heterocycles. The van der Waals surface area contributed by atoms with E-state index >= 15 is 0 Å². The molecule has 4 heteroatoms. The average Bonchev–Trinajstić information content (AvgIpc) is 1.99. The van der Waals surface area contributed by atoms with Gasteiger partial charge >= 0.3 is 0 Å². The molecule has 82 valence electrons. The molecule has 0 radical (unpaired) electrons. The first-order chi connectivity index (χ1) is 6.79. The van der Waals surface area contributed by atoms with Gasteiger partial charge < -0.3 is 5.32 Å². The Morgan fingerprint density at radius 3 is 2.40 bits per heavy atom. The van der Waals surface area contributed by atoms with Gasteiger partial charge in [0.05, 0.1) is 0 Å². The lowest BCUT2D eigenvalue weighted by molar-refractivity contribution is -0.123. The normalized spacial score (nSPS) is 11.3. The van der Waals surface area contributed by atoms with E-state index < -0.39 is 11.2 Å². The molecular formula is C11H13ClFNO. The van der Waals surface area contributed by atoms with Gasteiger partial charge in [0.1, 0.15) is 5.82 Å². The van der Waals surface area contributed by atoms with E-state index in [1.54, 1.807) is 20.8 Å². The Hall–Kier alpha value is -1.09. The third-order valence-electron chi connectivity index (χ3n) is 1.80. The van der Waals surface area contributed by atoms with Crippen LogP contribution in [0.15, 0.2) is 18.2 Å². The maximum absolute atomic E-state index is 12.9. The molecule has 1 aromatic carbocycles. The lowest BCUT2D eigenvalue weighted by atomic mass is 9.95. The van der Waals surface area contributed by atoms with Crippen LogP contribution in [0.4, 0.5) is 10.1 Å². The first-order valence-electron chi connectivity index (χ1n) is 4.56. The smallest absolute Gasteiger partial charge is 0.229 e. The Morgan fingerprint density at radius 1 is 1.33 bits per heavy atom. The number of hydrogen-bond acceptors (Lipinski definition) is 1. The summed E-state index contributed by atoms with van der Waals surface area (Å²) in [5, 5.41) is 2.86. The number of anilines is 1. The molecule has 2 nitrogen and oxygen atoms in total. The fourth-order valence-corrected chi connectivity index (χ4v) is 1.17. The van der Waals surface area contributed by atoms with Crippen molar-refractivity contribution in [3.63, 3.8) is 0 Å². The van der Waals surface area contributed by atoms with Crippen molar-refractivity contribution < 1.29 is 9.18 Å². The molecule has 0 aliphatic heterocycles. The Morgan fingerprint density at radius 2 is 1.93 bits per heavy atom. The largest absolute Gasteiger partial charge is 0.325 e. The van der Waals surface area contributed by atoms with E-state index in [4.69, 9.17) is 11.6 Å². The van der Waals surface area contributed by atoms with Crippen molar-refractivity contribution in [1.29, 1.82) is 0 Å². The molecule has 0 fully saturated rings. The van der Waals surface area contributed by atoms with Crippen LogP contribution in [0, 0.1) is 11.2 Å². The molecule has 1 aromatic rings. The maximum Gasteiger partial charge on any atom is 0.229 e. The van der Waals surface area contributed by atoms with Gasteiger partial charge in [0.15, 0.2) is 0 Å². The number of hydrogen-bond donors (Lipinski definition) is 1. The van der Waals surface area contributed by atoms with Gasteiger partial charge in [0.25, 0.3) is 0 Å². The molecule has 0 heterocycles. The van der Waals surface area contributed by atoms with Crippen molar-refractivity contribution in [2.24, 2.45) is 5.41 Å². The number of benzene rings is 1. The topological polar surface area (TPSA) is 29.1 Å². The zero-order chi connectivity index (χ0) is 11.6. The van der Waals surface area contributed by atoms with Gasteiger partial charge in [-0.05, 0) is 18.2 Å². The predicted octanol–water partition coefficient (Wildman–Crippen LogP) is 3.46. The third kappa shape index (κ3) is 3.51. The zero-order valence-corrected chi connectivity index (χ0v) is 9.65. The molecule has 1 N–H and O–H groups in total. The van der Waals surface area contributed by atoms with Gasteiger partial charge in [-0.25, -0.2) is 4.39 Å². The van der Waals surface area contributed by atoms with Gasteiger partial charge in [0, 0.05) is 16.1 Å². The fourth-order valence-electron chi connectivity index (χ4n) is 0.945. The van der Waals surface area contributed by atoms with Crippen LogP contribution >= 0.6 is 11.6 Å². The lowest BCUT2D eigenvalue weighted by Gasteiger charge is -2.17. The van der Waals surface area contributed by atoms with Crippen LogP contribution in [0.3, 0.4) is 0 Å². The second kappa shape index (κ2) is 4.19. The molecule has 0 aromatic heterocycles. The highest BCUT2D eigenvalue weighted by Crippen LogP contribution is 2.21. The Bertz CT molecular complexity index is 364. The minimum Gasteiger partial charge on any atom is -0.325 e. The summed E-state index contributed by atoms with van der Waals surface area (Å²) >= 11 is 5.66. The van der Waals surface area contributed by atoms with Crippen molar-refractivity contribution >= 4 is 23.2 Å². The molecule has 0 spiro atoms. The first kappa shape index (κ1) is 12.0. The summed E-state index contributed by atoms with van der Waals surface area (Å²) in [6.07, 6.45) is 0. The molecule has 1 amide bonds. The number of nitrogens with one attached hydrogen (secondary N) is 1. The summed E-state index contributed by atoms with van der Waals surface area (Å²) in [5.74, 6) is -0.643. The number of carbonyl (C=O) groups is 1. The van der Waals surface area contributed by atoms with E-state index in [0.29, 0.717) is 5.69 Å². The number of amides is 1. The van der Waals surface area contributed by atoms with Crippen LogP contribution in [-0.4, -0.2) is 5.91 Å². The van der Waals surface area contributed by atoms with Crippen LogP contribution in [0.5, 0.6) is 0 Å². The van der Waals surface area contributed by atoms with Crippen molar-refractivity contribution in [3.05, 3.63) is 29.0 Å². The zero-order valence-electron chi connectivity index (χ0n) is 8.90. The Kier molecular flexibility index (Phi) is 3.35. The number of carbonyl (C=O) groups excluding carboxylic acids is 1. The molecule has 15 heavy (non-hydrogen) atoms. The van der Waals surface area contributed by atoms with Crippen molar-refractivity contribution in [1.82, 2.24) is 0 Å². The van der Waals surface area contributed by atoms with Crippen molar-refractivity contribution in [2.45, 2.75) is 20.8 Å². The van der Waals surface area contributed by atoms with Crippen LogP contribution in [0.2, 0.25) is 5.02 Å². The van der Waals surface area contributed by atoms with E-state index in [-0.39, 0.29) is 10.9 Å². The SMILES string of the molecule is CC(C)(C)C(=O)Nc1cc(F)cc(Cl)c1. The lowest BCUT2D eigenvalue weighted by Crippen LogP contribution is -2.27. The van der Waals surface area contributed by atoms with Gasteiger partial charge in [-0.1, -0.05) is 32.4 Å². The molecular weight excluding hydrogens is 217 g/mol. The minimum absolute atomic E-state index is 0.177. The van der Waals surface area contributed by atoms with Gasteiger partial charge in [-0.15, -0.1) is 0 Å². The molecule has 0 aliphatic carbocycles. The van der Waals surface area contributed by atoms with E-state index in [1.165, 1.54) is 18.2 Å².